The largest absolute Gasteiger partial charge is 0.405 e. The van der Waals surface area contributed by atoms with E-state index in [2.05, 4.69) is 32.7 Å². The molecule has 1 aliphatic heterocycles. The fourth-order valence-electron chi connectivity index (χ4n) is 4.38. The van der Waals surface area contributed by atoms with Crippen LogP contribution in [-0.4, -0.2) is 78.6 Å². The van der Waals surface area contributed by atoms with Crippen LogP contribution < -0.4 is 16.0 Å². The van der Waals surface area contributed by atoms with Gasteiger partial charge in [0.05, 0.1) is 11.9 Å². The number of carbonyl (C=O) groups is 1. The van der Waals surface area contributed by atoms with Gasteiger partial charge in [0, 0.05) is 36.1 Å². The molecule has 0 spiro atoms. The molecule has 0 atom stereocenters. The number of hydrogen-bond donors (Lipinski definition) is 3. The number of halogens is 3. The lowest BCUT2D eigenvalue weighted by atomic mass is 10.1. The van der Waals surface area contributed by atoms with Crippen molar-refractivity contribution in [2.24, 2.45) is 5.16 Å². The van der Waals surface area contributed by atoms with E-state index in [0.29, 0.717) is 24.8 Å². The van der Waals surface area contributed by atoms with Crippen LogP contribution in [0.2, 0.25) is 0 Å². The van der Waals surface area contributed by atoms with Crippen molar-refractivity contribution in [3.8, 4) is 11.3 Å². The summed E-state index contributed by atoms with van der Waals surface area (Å²) in [5.74, 6) is 0. The fraction of sp³-hybridized carbons (Fsp3) is 0.444. The summed E-state index contributed by atoms with van der Waals surface area (Å²) < 4.78 is 38.9. The predicted molar refractivity (Wildman–Crippen MR) is 145 cm³/mol. The summed E-state index contributed by atoms with van der Waals surface area (Å²) in [6.07, 6.45) is 4.74. The molecule has 1 aromatic carbocycles. The lowest BCUT2D eigenvalue weighted by Gasteiger charge is -2.29. The molecule has 12 heteroatoms. The second-order valence-corrected chi connectivity index (χ2v) is 9.62. The minimum atomic E-state index is -4.48. The van der Waals surface area contributed by atoms with Crippen LogP contribution in [-0.2, 0) is 11.3 Å². The van der Waals surface area contributed by atoms with Crippen molar-refractivity contribution in [2.75, 3.05) is 45.2 Å². The number of oxime groups is 1. The van der Waals surface area contributed by atoms with E-state index in [1.807, 2.05) is 28.8 Å². The van der Waals surface area contributed by atoms with Crippen LogP contribution in [0, 0.1) is 0 Å². The fourth-order valence-corrected chi connectivity index (χ4v) is 4.38. The molecule has 0 radical (unpaired) electrons. The minimum Gasteiger partial charge on any atom is -0.396 e. The predicted octanol–water partition coefficient (Wildman–Crippen LogP) is 4.30. The van der Waals surface area contributed by atoms with Gasteiger partial charge in [0.1, 0.15) is 18.8 Å². The standard InChI is InChI=1S/C27H34F3N7O2/c1-36-12-8-22(9-13-36)31-10-3-15-39-34-11-6-20-7-14-37-24(18-32-25(37)16-20)21-4-2-5-23(17-21)35-26(38)33-19-27(28,29)30/h2,4-5,7,11,14,16-18,22,31H,3,6,8-10,12-13,15,19H2,1H3,(H2,33,35,38)/b34-11-. The topological polar surface area (TPSA) is 95.3 Å². The number of carbonyl (C=O) groups excluding carboxylic acids is 1. The Balaban J connectivity index is 1.24. The van der Waals surface area contributed by atoms with Crippen molar-refractivity contribution in [2.45, 2.75) is 37.9 Å². The molecular weight excluding hydrogens is 511 g/mol. The number of pyridine rings is 1. The van der Waals surface area contributed by atoms with Gasteiger partial charge in [-0.1, -0.05) is 17.3 Å². The van der Waals surface area contributed by atoms with Crippen molar-refractivity contribution >= 4 is 23.6 Å². The van der Waals surface area contributed by atoms with Gasteiger partial charge in [-0.25, -0.2) is 9.78 Å². The SMILES string of the molecule is CN1CCC(NCCCO/N=C\Cc2ccn3c(-c4cccc(NC(=O)NCC(F)(F)F)c4)cnc3c2)CC1. The maximum atomic E-state index is 12.3. The number of anilines is 1. The number of piperidine rings is 1. The van der Waals surface area contributed by atoms with Gasteiger partial charge in [-0.05, 0) is 75.8 Å². The summed E-state index contributed by atoms with van der Waals surface area (Å²) in [5.41, 5.74) is 3.66. The van der Waals surface area contributed by atoms with E-state index in [1.165, 1.54) is 12.8 Å². The highest BCUT2D eigenvalue weighted by Gasteiger charge is 2.27. The number of nitrogens with one attached hydrogen (secondary N) is 3. The number of nitrogens with zero attached hydrogens (tertiary/aromatic N) is 4. The van der Waals surface area contributed by atoms with E-state index < -0.39 is 18.8 Å². The van der Waals surface area contributed by atoms with E-state index in [1.54, 1.807) is 35.9 Å². The Morgan fingerprint density at radius 2 is 2.05 bits per heavy atom. The molecule has 4 rings (SSSR count). The van der Waals surface area contributed by atoms with Crippen molar-refractivity contribution in [3.05, 3.63) is 54.4 Å². The maximum Gasteiger partial charge on any atom is 0.405 e. The molecule has 0 saturated carbocycles. The number of hydrogen-bond acceptors (Lipinski definition) is 6. The van der Waals surface area contributed by atoms with Crippen molar-refractivity contribution in [3.63, 3.8) is 0 Å². The van der Waals surface area contributed by atoms with Gasteiger partial charge >= 0.3 is 12.2 Å². The third kappa shape index (κ3) is 8.96. The summed E-state index contributed by atoms with van der Waals surface area (Å²) in [5, 5.41) is 11.9. The average Bonchev–Trinajstić information content (AvgIpc) is 3.33. The number of alkyl halides is 3. The Labute approximate surface area is 225 Å². The molecule has 2 amide bonds. The molecular formula is C27H34F3N7O2. The van der Waals surface area contributed by atoms with Gasteiger partial charge in [0.25, 0.3) is 0 Å². The summed E-state index contributed by atoms with van der Waals surface area (Å²) >= 11 is 0. The summed E-state index contributed by atoms with van der Waals surface area (Å²) in [7, 11) is 2.16. The highest BCUT2D eigenvalue weighted by Crippen LogP contribution is 2.24. The van der Waals surface area contributed by atoms with Gasteiger partial charge in [-0.2, -0.15) is 13.2 Å². The van der Waals surface area contributed by atoms with Crippen LogP contribution in [0.5, 0.6) is 0 Å². The minimum absolute atomic E-state index is 0.368. The van der Waals surface area contributed by atoms with Gasteiger partial charge < -0.3 is 25.7 Å². The van der Waals surface area contributed by atoms with E-state index in [9.17, 15) is 18.0 Å². The Morgan fingerprint density at radius 3 is 2.85 bits per heavy atom. The Kier molecular flexibility index (Phi) is 9.77. The first kappa shape index (κ1) is 28.4. The summed E-state index contributed by atoms with van der Waals surface area (Å²) in [6, 6.07) is 10.4. The number of likely N-dealkylation sites (tertiary alicyclic amines) is 1. The number of rotatable bonds is 11. The average molecular weight is 546 g/mol. The number of amides is 2. The molecule has 1 saturated heterocycles. The zero-order valence-corrected chi connectivity index (χ0v) is 21.9. The number of imidazole rings is 1. The molecule has 3 N–H and O–H groups in total. The van der Waals surface area contributed by atoms with Crippen LogP contribution in [0.25, 0.3) is 16.9 Å². The van der Waals surface area contributed by atoms with Crippen molar-refractivity contribution in [1.29, 1.82) is 0 Å². The lowest BCUT2D eigenvalue weighted by molar-refractivity contribution is -0.122. The van der Waals surface area contributed by atoms with Crippen LogP contribution in [0.1, 0.15) is 24.8 Å². The molecule has 9 nitrogen and oxygen atoms in total. The molecule has 0 unspecified atom stereocenters. The first-order chi connectivity index (χ1) is 18.8. The van der Waals surface area contributed by atoms with Crippen molar-refractivity contribution < 1.29 is 22.8 Å². The second kappa shape index (κ2) is 13.4. The smallest absolute Gasteiger partial charge is 0.396 e. The molecule has 39 heavy (non-hydrogen) atoms. The maximum absolute atomic E-state index is 12.3. The second-order valence-electron chi connectivity index (χ2n) is 9.62. The Hall–Kier alpha value is -3.64. The molecule has 0 aliphatic carbocycles. The Bertz CT molecular complexity index is 1250. The molecule has 2 aromatic heterocycles. The third-order valence-corrected chi connectivity index (χ3v) is 6.48. The summed E-state index contributed by atoms with van der Waals surface area (Å²) in [6.45, 7) is 2.38. The first-order valence-electron chi connectivity index (χ1n) is 13.0. The molecule has 3 heterocycles. The van der Waals surface area contributed by atoms with Crippen LogP contribution in [0.15, 0.2) is 53.9 Å². The zero-order chi connectivity index (χ0) is 27.7. The van der Waals surface area contributed by atoms with Gasteiger partial charge in [-0.3, -0.25) is 4.40 Å². The molecule has 1 aliphatic rings. The van der Waals surface area contributed by atoms with Crippen LogP contribution in [0.3, 0.4) is 0 Å². The third-order valence-electron chi connectivity index (χ3n) is 6.48. The van der Waals surface area contributed by atoms with Gasteiger partial charge in [0.15, 0.2) is 0 Å². The van der Waals surface area contributed by atoms with Crippen molar-refractivity contribution in [1.82, 2.24) is 24.9 Å². The molecule has 1 fully saturated rings. The number of benzene rings is 1. The van der Waals surface area contributed by atoms with E-state index >= 15 is 0 Å². The summed E-state index contributed by atoms with van der Waals surface area (Å²) in [4.78, 5) is 24.0. The van der Waals surface area contributed by atoms with E-state index in [0.717, 1.165) is 48.5 Å². The van der Waals surface area contributed by atoms with Crippen LogP contribution >= 0.6 is 0 Å². The first-order valence-corrected chi connectivity index (χ1v) is 13.0. The molecule has 3 aromatic rings. The monoisotopic (exact) mass is 545 g/mol. The van der Waals surface area contributed by atoms with Crippen LogP contribution in [0.4, 0.5) is 23.7 Å². The highest BCUT2D eigenvalue weighted by molar-refractivity contribution is 5.90. The number of aromatic nitrogens is 2. The normalized spacial score (nSPS) is 15.2. The highest BCUT2D eigenvalue weighted by atomic mass is 19.4. The van der Waals surface area contributed by atoms with E-state index in [4.69, 9.17) is 4.84 Å². The zero-order valence-electron chi connectivity index (χ0n) is 21.9. The van der Waals surface area contributed by atoms with Gasteiger partial charge in [-0.15, -0.1) is 0 Å². The number of fused-ring (bicyclic) bond motifs is 1. The quantitative estimate of drug-likeness (QED) is 0.190. The van der Waals surface area contributed by atoms with E-state index in [-0.39, 0.29) is 0 Å². The van der Waals surface area contributed by atoms with Gasteiger partial charge in [0.2, 0.25) is 0 Å². The number of urea groups is 1. The Morgan fingerprint density at radius 1 is 1.23 bits per heavy atom. The molecule has 0 bridgehead atoms. The lowest BCUT2D eigenvalue weighted by Crippen LogP contribution is -2.41. The molecule has 210 valence electrons.